The Morgan fingerprint density at radius 3 is 2.47 bits per heavy atom. The molecule has 0 bridgehead atoms. The Bertz CT molecular complexity index is 628. The zero-order valence-corrected chi connectivity index (χ0v) is 9.72. The van der Waals surface area contributed by atoms with Crippen LogP contribution in [0.5, 0.6) is 0 Å². The number of anilines is 1. The second-order valence-electron chi connectivity index (χ2n) is 3.53. The summed E-state index contributed by atoms with van der Waals surface area (Å²) in [5.41, 5.74) is -1.52. The molecule has 0 saturated heterocycles. The van der Waals surface area contributed by atoms with E-state index in [1.54, 1.807) is 0 Å². The van der Waals surface area contributed by atoms with Crippen LogP contribution in [0.15, 0.2) is 24.4 Å². The molecule has 0 aliphatic carbocycles. The first-order chi connectivity index (χ1) is 9.04. The van der Waals surface area contributed by atoms with Gasteiger partial charge in [0.05, 0.1) is 10.5 Å². The Kier molecular flexibility index (Phi) is 3.32. The summed E-state index contributed by atoms with van der Waals surface area (Å²) >= 11 is 0. The molecule has 0 fully saturated rings. The van der Waals surface area contributed by atoms with E-state index in [-0.39, 0.29) is 5.95 Å². The molecule has 2 aromatic rings. The van der Waals surface area contributed by atoms with Gasteiger partial charge in [0.25, 0.3) is 0 Å². The van der Waals surface area contributed by atoms with E-state index in [1.165, 1.54) is 13.1 Å². The van der Waals surface area contributed by atoms with Crippen LogP contribution in [0.3, 0.4) is 0 Å². The van der Waals surface area contributed by atoms with Gasteiger partial charge in [0, 0.05) is 7.05 Å². The number of nitrogens with zero attached hydrogens (tertiary/aromatic N) is 3. The van der Waals surface area contributed by atoms with Crippen molar-refractivity contribution in [3.05, 3.63) is 46.1 Å². The normalized spacial score (nSPS) is 10.3. The summed E-state index contributed by atoms with van der Waals surface area (Å²) in [5.74, 6) is -1.82. The first kappa shape index (κ1) is 12.8. The molecular weight excluding hydrogens is 258 g/mol. The van der Waals surface area contributed by atoms with Gasteiger partial charge in [0.15, 0.2) is 5.69 Å². The highest BCUT2D eigenvalue weighted by Gasteiger charge is 2.24. The van der Waals surface area contributed by atoms with Crippen LogP contribution in [0.25, 0.3) is 11.3 Å². The Morgan fingerprint density at radius 2 is 1.95 bits per heavy atom. The molecule has 98 valence electrons. The van der Waals surface area contributed by atoms with E-state index < -0.39 is 33.5 Å². The second kappa shape index (κ2) is 4.92. The fourth-order valence-electron chi connectivity index (χ4n) is 1.54. The largest absolute Gasteiger partial charge is 0.357 e. The van der Waals surface area contributed by atoms with Crippen LogP contribution in [-0.2, 0) is 0 Å². The van der Waals surface area contributed by atoms with Crippen LogP contribution in [-0.4, -0.2) is 21.9 Å². The molecule has 2 rings (SSSR count). The highest BCUT2D eigenvalue weighted by atomic mass is 19.1. The summed E-state index contributed by atoms with van der Waals surface area (Å²) < 4.78 is 27.3. The number of benzene rings is 1. The predicted octanol–water partition coefficient (Wildman–Crippen LogP) is 2.37. The van der Waals surface area contributed by atoms with E-state index in [0.717, 1.165) is 18.3 Å². The highest BCUT2D eigenvalue weighted by Crippen LogP contribution is 2.31. The third-order valence-corrected chi connectivity index (χ3v) is 2.39. The van der Waals surface area contributed by atoms with Gasteiger partial charge >= 0.3 is 5.69 Å². The van der Waals surface area contributed by atoms with Crippen LogP contribution >= 0.6 is 0 Å². The number of halogens is 2. The van der Waals surface area contributed by atoms with Crippen molar-refractivity contribution in [2.45, 2.75) is 0 Å². The van der Waals surface area contributed by atoms with Gasteiger partial charge in [-0.05, 0) is 12.1 Å². The molecule has 0 amide bonds. The Balaban J connectivity index is 2.75. The zero-order valence-electron chi connectivity index (χ0n) is 9.72. The average molecular weight is 266 g/mol. The SMILES string of the molecule is CNc1ncc([N+](=O)[O-])c(-c2c(F)cccc2F)n1. The lowest BCUT2D eigenvalue weighted by Gasteiger charge is -2.06. The van der Waals surface area contributed by atoms with Gasteiger partial charge in [-0.15, -0.1) is 0 Å². The maximum atomic E-state index is 13.7. The van der Waals surface area contributed by atoms with Crippen molar-refractivity contribution in [2.24, 2.45) is 0 Å². The van der Waals surface area contributed by atoms with Crippen LogP contribution in [0.1, 0.15) is 0 Å². The minimum atomic E-state index is -0.927. The molecule has 1 N–H and O–H groups in total. The lowest BCUT2D eigenvalue weighted by molar-refractivity contribution is -0.384. The van der Waals surface area contributed by atoms with Crippen LogP contribution in [0.2, 0.25) is 0 Å². The standard InChI is InChI=1S/C11H8F2N4O2/c1-14-11-15-5-8(17(18)19)10(16-11)9-6(12)3-2-4-7(9)13/h2-5H,1H3,(H,14,15,16). The predicted molar refractivity (Wildman–Crippen MR) is 63.6 cm³/mol. The van der Waals surface area contributed by atoms with Gasteiger partial charge in [0.2, 0.25) is 5.95 Å². The van der Waals surface area contributed by atoms with Crippen molar-refractivity contribution in [2.75, 3.05) is 12.4 Å². The maximum Gasteiger partial charge on any atom is 0.314 e. The minimum absolute atomic E-state index is 0.0308. The molecule has 0 spiro atoms. The van der Waals surface area contributed by atoms with E-state index >= 15 is 0 Å². The molecule has 0 saturated carbocycles. The Morgan fingerprint density at radius 1 is 1.32 bits per heavy atom. The molecule has 0 unspecified atom stereocenters. The molecule has 1 aromatic carbocycles. The fraction of sp³-hybridized carbons (Fsp3) is 0.0909. The van der Waals surface area contributed by atoms with Crippen molar-refractivity contribution in [3.8, 4) is 11.3 Å². The van der Waals surface area contributed by atoms with E-state index in [0.29, 0.717) is 0 Å². The van der Waals surface area contributed by atoms with E-state index in [1.807, 2.05) is 0 Å². The Hall–Kier alpha value is -2.64. The highest BCUT2D eigenvalue weighted by molar-refractivity contribution is 5.71. The van der Waals surface area contributed by atoms with Crippen molar-refractivity contribution in [1.82, 2.24) is 9.97 Å². The number of nitrogens with one attached hydrogen (secondary N) is 1. The molecule has 19 heavy (non-hydrogen) atoms. The van der Waals surface area contributed by atoms with Crippen molar-refractivity contribution in [1.29, 1.82) is 0 Å². The van der Waals surface area contributed by atoms with Gasteiger partial charge in [0.1, 0.15) is 17.8 Å². The number of hydrogen-bond acceptors (Lipinski definition) is 5. The minimum Gasteiger partial charge on any atom is -0.357 e. The van der Waals surface area contributed by atoms with Gasteiger partial charge < -0.3 is 5.32 Å². The topological polar surface area (TPSA) is 81.0 Å². The Labute approximate surface area is 106 Å². The number of nitro groups is 1. The fourth-order valence-corrected chi connectivity index (χ4v) is 1.54. The number of rotatable bonds is 3. The summed E-state index contributed by atoms with van der Waals surface area (Å²) in [5, 5.41) is 13.4. The van der Waals surface area contributed by atoms with Gasteiger partial charge in [-0.3, -0.25) is 10.1 Å². The van der Waals surface area contributed by atoms with E-state index in [9.17, 15) is 18.9 Å². The van der Waals surface area contributed by atoms with Crippen LogP contribution < -0.4 is 5.32 Å². The molecule has 1 aromatic heterocycles. The monoisotopic (exact) mass is 266 g/mol. The molecule has 0 aliphatic rings. The quantitative estimate of drug-likeness (QED) is 0.681. The summed E-state index contributed by atoms with van der Waals surface area (Å²) in [7, 11) is 1.49. The summed E-state index contributed by atoms with van der Waals surface area (Å²) in [6.45, 7) is 0. The molecule has 1 heterocycles. The van der Waals surface area contributed by atoms with Crippen molar-refractivity contribution < 1.29 is 13.7 Å². The maximum absolute atomic E-state index is 13.7. The van der Waals surface area contributed by atoms with Gasteiger partial charge in [-0.2, -0.15) is 0 Å². The summed E-state index contributed by atoms with van der Waals surface area (Å²) in [6, 6.07) is 3.17. The second-order valence-corrected chi connectivity index (χ2v) is 3.53. The lowest BCUT2D eigenvalue weighted by Crippen LogP contribution is -2.03. The molecule has 0 atom stereocenters. The summed E-state index contributed by atoms with van der Waals surface area (Å²) in [6.07, 6.45) is 0.903. The molecule has 6 nitrogen and oxygen atoms in total. The summed E-state index contributed by atoms with van der Waals surface area (Å²) in [4.78, 5) is 17.5. The first-order valence-corrected chi connectivity index (χ1v) is 5.18. The van der Waals surface area contributed by atoms with Crippen LogP contribution in [0, 0.1) is 21.7 Å². The van der Waals surface area contributed by atoms with Gasteiger partial charge in [-0.25, -0.2) is 18.7 Å². The number of aromatic nitrogens is 2. The van der Waals surface area contributed by atoms with Crippen LogP contribution in [0.4, 0.5) is 20.4 Å². The molecule has 0 radical (unpaired) electrons. The molecule has 8 heteroatoms. The van der Waals surface area contributed by atoms with Gasteiger partial charge in [-0.1, -0.05) is 6.07 Å². The molecule has 0 aliphatic heterocycles. The van der Waals surface area contributed by atoms with Crippen molar-refractivity contribution in [3.63, 3.8) is 0 Å². The third kappa shape index (κ3) is 2.32. The average Bonchev–Trinajstić information content (AvgIpc) is 2.38. The van der Waals surface area contributed by atoms with E-state index in [4.69, 9.17) is 0 Å². The van der Waals surface area contributed by atoms with Crippen molar-refractivity contribution >= 4 is 11.6 Å². The third-order valence-electron chi connectivity index (χ3n) is 2.39. The first-order valence-electron chi connectivity index (χ1n) is 5.18. The molecular formula is C11H8F2N4O2. The smallest absolute Gasteiger partial charge is 0.314 e. The lowest BCUT2D eigenvalue weighted by atomic mass is 10.1. The van der Waals surface area contributed by atoms with E-state index in [2.05, 4.69) is 15.3 Å². The zero-order chi connectivity index (χ0) is 14.0. The number of hydrogen-bond donors (Lipinski definition) is 1.